The molecule has 1 aliphatic heterocycles. The van der Waals surface area contributed by atoms with Gasteiger partial charge in [0.2, 0.25) is 5.91 Å². The molecule has 0 bridgehead atoms. The molecule has 1 aromatic carbocycles. The molecule has 0 saturated carbocycles. The number of furan rings is 1. The average Bonchev–Trinajstić information content (AvgIpc) is 3.33. The third kappa shape index (κ3) is 5.49. The largest absolute Gasteiger partial charge is 0.459 e. The monoisotopic (exact) mass is 411 g/mol. The van der Waals surface area contributed by atoms with Crippen LogP contribution in [0.1, 0.15) is 53.5 Å². The summed E-state index contributed by atoms with van der Waals surface area (Å²) in [5.74, 6) is -0.00150. The number of likely N-dealkylation sites (tertiary alicyclic amines) is 1. The van der Waals surface area contributed by atoms with E-state index in [0.717, 1.165) is 19.3 Å². The third-order valence-electron chi connectivity index (χ3n) is 5.37. The maximum Gasteiger partial charge on any atom is 0.286 e. The molecule has 1 N–H and O–H groups in total. The van der Waals surface area contributed by atoms with Crippen LogP contribution >= 0.6 is 0 Å². The number of hydrogen-bond acceptors (Lipinski definition) is 4. The summed E-state index contributed by atoms with van der Waals surface area (Å²) in [4.78, 5) is 41.2. The summed E-state index contributed by atoms with van der Waals surface area (Å²) in [5.41, 5.74) is 0.699. The molecule has 1 fully saturated rings. The number of rotatable bonds is 8. The molecule has 0 atom stereocenters. The fourth-order valence-corrected chi connectivity index (χ4v) is 3.82. The van der Waals surface area contributed by atoms with Crippen molar-refractivity contribution in [3.63, 3.8) is 0 Å². The minimum atomic E-state index is -0.317. The molecular weight excluding hydrogens is 382 g/mol. The van der Waals surface area contributed by atoms with Gasteiger partial charge in [-0.25, -0.2) is 0 Å². The predicted octanol–water partition coefficient (Wildman–Crippen LogP) is 2.94. The zero-order valence-corrected chi connectivity index (χ0v) is 17.4. The van der Waals surface area contributed by atoms with Crippen molar-refractivity contribution in [2.45, 2.75) is 38.6 Å². The molecule has 0 aliphatic carbocycles. The average molecular weight is 412 g/mol. The first-order valence-corrected chi connectivity index (χ1v) is 10.6. The molecular formula is C23H29N3O4. The minimum Gasteiger partial charge on any atom is -0.459 e. The SMILES string of the molecule is CCCN(C(=O)CCNC(=O)c1ccco1)C1CCN(C(=O)c2ccccc2)CC1. The molecule has 3 rings (SSSR count). The predicted molar refractivity (Wildman–Crippen MR) is 113 cm³/mol. The number of piperidine rings is 1. The lowest BCUT2D eigenvalue weighted by Gasteiger charge is -2.38. The van der Waals surface area contributed by atoms with E-state index in [2.05, 4.69) is 5.32 Å². The van der Waals surface area contributed by atoms with Crippen LogP contribution in [0.15, 0.2) is 53.1 Å². The van der Waals surface area contributed by atoms with E-state index in [1.165, 1.54) is 6.26 Å². The first kappa shape index (κ1) is 21.6. The lowest BCUT2D eigenvalue weighted by Crippen LogP contribution is -2.49. The van der Waals surface area contributed by atoms with Gasteiger partial charge in [0, 0.05) is 44.2 Å². The molecule has 7 nitrogen and oxygen atoms in total. The molecule has 1 aromatic heterocycles. The highest BCUT2D eigenvalue weighted by atomic mass is 16.3. The van der Waals surface area contributed by atoms with Crippen molar-refractivity contribution in [1.29, 1.82) is 0 Å². The first-order chi connectivity index (χ1) is 14.6. The highest BCUT2D eigenvalue weighted by molar-refractivity contribution is 5.94. The minimum absolute atomic E-state index is 0.0319. The summed E-state index contributed by atoms with van der Waals surface area (Å²) < 4.78 is 5.06. The smallest absolute Gasteiger partial charge is 0.286 e. The highest BCUT2D eigenvalue weighted by Crippen LogP contribution is 2.20. The van der Waals surface area contributed by atoms with Crippen LogP contribution in [0.25, 0.3) is 0 Å². The van der Waals surface area contributed by atoms with Gasteiger partial charge in [-0.3, -0.25) is 14.4 Å². The van der Waals surface area contributed by atoms with Crippen LogP contribution < -0.4 is 5.32 Å². The van der Waals surface area contributed by atoms with Gasteiger partial charge in [0.05, 0.1) is 6.26 Å². The van der Waals surface area contributed by atoms with Gasteiger partial charge in [0.15, 0.2) is 5.76 Å². The van der Waals surface area contributed by atoms with Crippen LogP contribution in [0.5, 0.6) is 0 Å². The molecule has 2 aromatic rings. The lowest BCUT2D eigenvalue weighted by molar-refractivity contribution is -0.134. The normalized spacial score (nSPS) is 14.4. The van der Waals surface area contributed by atoms with Crippen LogP contribution in [-0.2, 0) is 4.79 Å². The van der Waals surface area contributed by atoms with Gasteiger partial charge in [-0.05, 0) is 43.5 Å². The van der Waals surface area contributed by atoms with E-state index in [1.807, 2.05) is 47.1 Å². The zero-order valence-electron chi connectivity index (χ0n) is 17.4. The maximum atomic E-state index is 12.8. The summed E-state index contributed by atoms with van der Waals surface area (Å²) in [6.45, 7) is 4.28. The Morgan fingerprint density at radius 3 is 2.47 bits per heavy atom. The molecule has 1 saturated heterocycles. The molecule has 1 aliphatic rings. The van der Waals surface area contributed by atoms with Crippen molar-refractivity contribution >= 4 is 17.7 Å². The standard InChI is InChI=1S/C23H29N3O4/c1-2-14-26(21(27)10-13-24-22(28)20-9-6-17-30-20)19-11-15-25(16-12-19)23(29)18-7-4-3-5-8-18/h3-9,17,19H,2,10-16H2,1H3,(H,24,28). The van der Waals surface area contributed by atoms with Crippen molar-refractivity contribution in [1.82, 2.24) is 15.1 Å². The molecule has 160 valence electrons. The van der Waals surface area contributed by atoms with Crippen molar-refractivity contribution in [3.05, 3.63) is 60.1 Å². The summed E-state index contributed by atoms with van der Waals surface area (Å²) in [6.07, 6.45) is 4.09. The molecule has 3 amide bonds. The van der Waals surface area contributed by atoms with Gasteiger partial charge >= 0.3 is 0 Å². The van der Waals surface area contributed by atoms with Gasteiger partial charge in [-0.15, -0.1) is 0 Å². The van der Waals surface area contributed by atoms with Crippen LogP contribution in [0.2, 0.25) is 0 Å². The Bertz CT molecular complexity index is 827. The van der Waals surface area contributed by atoms with E-state index in [4.69, 9.17) is 4.42 Å². The fourth-order valence-electron chi connectivity index (χ4n) is 3.82. The number of nitrogens with one attached hydrogen (secondary N) is 1. The van der Waals surface area contributed by atoms with E-state index >= 15 is 0 Å². The summed E-state index contributed by atoms with van der Waals surface area (Å²) in [5, 5.41) is 2.72. The van der Waals surface area contributed by atoms with Gasteiger partial charge in [0.1, 0.15) is 0 Å². The van der Waals surface area contributed by atoms with E-state index in [9.17, 15) is 14.4 Å². The fraction of sp³-hybridized carbons (Fsp3) is 0.435. The van der Waals surface area contributed by atoms with Crippen LogP contribution in [0.4, 0.5) is 0 Å². The Hall–Kier alpha value is -3.09. The van der Waals surface area contributed by atoms with Gasteiger partial charge in [-0.2, -0.15) is 0 Å². The number of carbonyl (C=O) groups is 3. The maximum absolute atomic E-state index is 12.8. The van der Waals surface area contributed by atoms with E-state index in [1.54, 1.807) is 12.1 Å². The third-order valence-corrected chi connectivity index (χ3v) is 5.37. The summed E-state index contributed by atoms with van der Waals surface area (Å²) >= 11 is 0. The number of hydrogen-bond donors (Lipinski definition) is 1. The summed E-state index contributed by atoms with van der Waals surface area (Å²) in [7, 11) is 0. The van der Waals surface area contributed by atoms with Crippen LogP contribution in [0.3, 0.4) is 0 Å². The van der Waals surface area contributed by atoms with Crippen molar-refractivity contribution in [3.8, 4) is 0 Å². The Labute approximate surface area is 177 Å². The molecule has 30 heavy (non-hydrogen) atoms. The van der Waals surface area contributed by atoms with Crippen molar-refractivity contribution < 1.29 is 18.8 Å². The molecule has 7 heteroatoms. The molecule has 0 radical (unpaired) electrons. The number of amides is 3. The molecule has 0 spiro atoms. The van der Waals surface area contributed by atoms with E-state index in [-0.39, 0.29) is 42.5 Å². The summed E-state index contributed by atoms with van der Waals surface area (Å²) in [6, 6.07) is 12.7. The van der Waals surface area contributed by atoms with E-state index in [0.29, 0.717) is 25.2 Å². The topological polar surface area (TPSA) is 82.9 Å². The van der Waals surface area contributed by atoms with Crippen molar-refractivity contribution in [2.24, 2.45) is 0 Å². The molecule has 0 unspecified atom stereocenters. The Morgan fingerprint density at radius 2 is 1.83 bits per heavy atom. The quantitative estimate of drug-likeness (QED) is 0.724. The first-order valence-electron chi connectivity index (χ1n) is 10.6. The van der Waals surface area contributed by atoms with Crippen LogP contribution in [-0.4, -0.2) is 59.7 Å². The molecule has 2 heterocycles. The van der Waals surface area contributed by atoms with Gasteiger partial charge in [0.25, 0.3) is 11.8 Å². The highest BCUT2D eigenvalue weighted by Gasteiger charge is 2.29. The van der Waals surface area contributed by atoms with Gasteiger partial charge < -0.3 is 19.5 Å². The second-order valence-corrected chi connectivity index (χ2v) is 7.46. The second kappa shape index (κ2) is 10.6. The number of carbonyl (C=O) groups excluding carboxylic acids is 3. The Balaban J connectivity index is 1.49. The Morgan fingerprint density at radius 1 is 1.10 bits per heavy atom. The number of benzene rings is 1. The Kier molecular flexibility index (Phi) is 7.65. The number of nitrogens with zero attached hydrogens (tertiary/aromatic N) is 2. The second-order valence-electron chi connectivity index (χ2n) is 7.46. The zero-order chi connectivity index (χ0) is 21.3. The van der Waals surface area contributed by atoms with E-state index < -0.39 is 0 Å². The lowest BCUT2D eigenvalue weighted by atomic mass is 10.0. The van der Waals surface area contributed by atoms with Gasteiger partial charge in [-0.1, -0.05) is 25.1 Å². The van der Waals surface area contributed by atoms with Crippen LogP contribution in [0, 0.1) is 0 Å². The van der Waals surface area contributed by atoms with Crippen molar-refractivity contribution in [2.75, 3.05) is 26.2 Å².